The minimum atomic E-state index is -0.0342. The molecule has 0 saturated carbocycles. The fourth-order valence-corrected chi connectivity index (χ4v) is 2.70. The highest BCUT2D eigenvalue weighted by Gasteiger charge is 2.21. The molecule has 25 heavy (non-hydrogen) atoms. The van der Waals surface area contributed by atoms with E-state index in [9.17, 15) is 9.59 Å². The molecule has 0 amide bonds. The van der Waals surface area contributed by atoms with Crippen molar-refractivity contribution in [3.05, 3.63) is 57.7 Å². The van der Waals surface area contributed by atoms with Crippen LogP contribution >= 0.6 is 0 Å². The van der Waals surface area contributed by atoms with E-state index >= 15 is 0 Å². The molecule has 136 valence electrons. The van der Waals surface area contributed by atoms with Crippen LogP contribution in [0, 0.1) is 0 Å². The molecule has 0 radical (unpaired) electrons. The molecule has 0 bridgehead atoms. The van der Waals surface area contributed by atoms with E-state index in [2.05, 4.69) is 45.9 Å². The molecule has 2 nitrogen and oxygen atoms in total. The van der Waals surface area contributed by atoms with Crippen molar-refractivity contribution in [1.29, 1.82) is 0 Å². The van der Waals surface area contributed by atoms with Crippen molar-refractivity contribution >= 4 is 11.6 Å². The maximum atomic E-state index is 12.2. The van der Waals surface area contributed by atoms with Gasteiger partial charge in [-0.05, 0) is 79.7 Å². The first kappa shape index (κ1) is 21.1. The first-order chi connectivity index (χ1) is 11.7. The summed E-state index contributed by atoms with van der Waals surface area (Å²) in [5.74, 6) is -0.0239. The van der Waals surface area contributed by atoms with E-state index in [1.54, 1.807) is 13.8 Å². The third-order valence-corrected chi connectivity index (χ3v) is 4.66. The summed E-state index contributed by atoms with van der Waals surface area (Å²) in [6.07, 6.45) is 12.9. The molecule has 0 fully saturated rings. The summed E-state index contributed by atoms with van der Waals surface area (Å²) in [6, 6.07) is 0. The van der Waals surface area contributed by atoms with Gasteiger partial charge >= 0.3 is 0 Å². The van der Waals surface area contributed by atoms with E-state index in [1.165, 1.54) is 22.8 Å². The molecule has 2 heteroatoms. The molecule has 1 aliphatic rings. The number of rotatable bonds is 8. The topological polar surface area (TPSA) is 34.1 Å². The van der Waals surface area contributed by atoms with Crippen LogP contribution in [0.3, 0.4) is 0 Å². The van der Waals surface area contributed by atoms with E-state index in [0.717, 1.165) is 25.7 Å². The second-order valence-corrected chi connectivity index (χ2v) is 7.28. The fourth-order valence-electron chi connectivity index (χ4n) is 2.70. The minimum Gasteiger partial charge on any atom is -0.290 e. The van der Waals surface area contributed by atoms with Gasteiger partial charge in [-0.1, -0.05) is 34.9 Å². The van der Waals surface area contributed by atoms with Crippen LogP contribution in [-0.2, 0) is 9.59 Å². The molecule has 1 rings (SSSR count). The van der Waals surface area contributed by atoms with Crippen LogP contribution in [0.1, 0.15) is 73.6 Å². The molecule has 0 aliphatic heterocycles. The third-order valence-electron chi connectivity index (χ3n) is 4.66. The quantitative estimate of drug-likeness (QED) is 0.389. The molecule has 0 saturated heterocycles. The van der Waals surface area contributed by atoms with Gasteiger partial charge in [0, 0.05) is 16.7 Å². The van der Waals surface area contributed by atoms with Gasteiger partial charge in [0.05, 0.1) is 0 Å². The summed E-state index contributed by atoms with van der Waals surface area (Å²) >= 11 is 0. The van der Waals surface area contributed by atoms with Gasteiger partial charge < -0.3 is 0 Å². The maximum absolute atomic E-state index is 12.2. The smallest absolute Gasteiger partial charge is 0.185 e. The third kappa shape index (κ3) is 7.21. The lowest BCUT2D eigenvalue weighted by atomic mass is 9.89. The normalized spacial score (nSPS) is 16.3. The average Bonchev–Trinajstić information content (AvgIpc) is 2.54. The summed E-state index contributed by atoms with van der Waals surface area (Å²) in [7, 11) is 0. The van der Waals surface area contributed by atoms with Crippen LogP contribution in [0.4, 0.5) is 0 Å². The van der Waals surface area contributed by atoms with Crippen LogP contribution in [0.25, 0.3) is 0 Å². The van der Waals surface area contributed by atoms with Gasteiger partial charge in [0.1, 0.15) is 0 Å². The van der Waals surface area contributed by atoms with Gasteiger partial charge in [-0.25, -0.2) is 0 Å². The Kier molecular flexibility index (Phi) is 8.54. The number of hydrogen-bond donors (Lipinski definition) is 0. The summed E-state index contributed by atoms with van der Waals surface area (Å²) in [5.41, 5.74) is 5.83. The van der Waals surface area contributed by atoms with Gasteiger partial charge in [0.2, 0.25) is 0 Å². The fraction of sp³-hybridized carbons (Fsp3) is 0.478. The van der Waals surface area contributed by atoms with Crippen molar-refractivity contribution in [2.24, 2.45) is 0 Å². The number of ketones is 2. The van der Waals surface area contributed by atoms with Gasteiger partial charge in [0.15, 0.2) is 11.6 Å². The SMILES string of the molecule is CC(C)=CCCC(C)=CCCC(C)=CCC1=CC(=O)C(C)=C(C)C1=O. The largest absolute Gasteiger partial charge is 0.290 e. The summed E-state index contributed by atoms with van der Waals surface area (Å²) in [4.78, 5) is 24.1. The first-order valence-corrected chi connectivity index (χ1v) is 9.14. The van der Waals surface area contributed by atoms with E-state index in [-0.39, 0.29) is 11.6 Å². The lowest BCUT2D eigenvalue weighted by Gasteiger charge is -2.13. The number of allylic oxidation sites excluding steroid dienone is 10. The van der Waals surface area contributed by atoms with Crippen molar-refractivity contribution < 1.29 is 9.59 Å². The number of hydrogen-bond acceptors (Lipinski definition) is 2. The zero-order chi connectivity index (χ0) is 19.0. The second-order valence-electron chi connectivity index (χ2n) is 7.28. The van der Waals surface area contributed by atoms with Gasteiger partial charge in [-0.3, -0.25) is 9.59 Å². The lowest BCUT2D eigenvalue weighted by molar-refractivity contribution is -0.115. The van der Waals surface area contributed by atoms with Crippen LogP contribution < -0.4 is 0 Å². The summed E-state index contributed by atoms with van der Waals surface area (Å²) in [6.45, 7) is 12.0. The zero-order valence-corrected chi connectivity index (χ0v) is 16.7. The van der Waals surface area contributed by atoms with E-state index in [4.69, 9.17) is 0 Å². The highest BCUT2D eigenvalue weighted by atomic mass is 16.1. The Labute approximate surface area is 153 Å². The lowest BCUT2D eigenvalue weighted by Crippen LogP contribution is -2.16. The predicted octanol–water partition coefficient (Wildman–Crippen LogP) is 6.21. The van der Waals surface area contributed by atoms with Gasteiger partial charge in [0.25, 0.3) is 0 Å². The van der Waals surface area contributed by atoms with Crippen molar-refractivity contribution in [3.8, 4) is 0 Å². The van der Waals surface area contributed by atoms with Gasteiger partial charge in [-0.2, -0.15) is 0 Å². The molecular formula is C23H32O2. The average molecular weight is 341 g/mol. The van der Waals surface area contributed by atoms with Crippen LogP contribution in [-0.4, -0.2) is 11.6 Å². The highest BCUT2D eigenvalue weighted by Crippen LogP contribution is 2.22. The van der Waals surface area contributed by atoms with E-state index in [0.29, 0.717) is 23.1 Å². The Balaban J connectivity index is 2.49. The Bertz CT molecular complexity index is 675. The maximum Gasteiger partial charge on any atom is 0.185 e. The number of carbonyl (C=O) groups excluding carboxylic acids is 2. The van der Waals surface area contributed by atoms with E-state index in [1.807, 2.05) is 0 Å². The minimum absolute atomic E-state index is 0.0103. The molecule has 0 heterocycles. The molecule has 0 atom stereocenters. The second kappa shape index (κ2) is 10.1. The standard InChI is InChI=1S/C23H32O2/c1-16(2)9-7-10-17(3)11-8-12-18(4)13-14-21-15-22(24)19(5)20(6)23(21)25/h9,11,13,15H,7-8,10,12,14H2,1-6H3. The van der Waals surface area contributed by atoms with Crippen molar-refractivity contribution in [1.82, 2.24) is 0 Å². The molecule has 0 N–H and O–H groups in total. The van der Waals surface area contributed by atoms with Crippen molar-refractivity contribution in [2.45, 2.75) is 73.6 Å². The molecule has 0 aromatic carbocycles. The van der Waals surface area contributed by atoms with Crippen LogP contribution in [0.15, 0.2) is 57.7 Å². The predicted molar refractivity (Wildman–Crippen MR) is 107 cm³/mol. The van der Waals surface area contributed by atoms with E-state index < -0.39 is 0 Å². The molecule has 0 unspecified atom stereocenters. The number of carbonyl (C=O) groups is 2. The Morgan fingerprint density at radius 1 is 0.840 bits per heavy atom. The van der Waals surface area contributed by atoms with Crippen molar-refractivity contribution in [3.63, 3.8) is 0 Å². The molecule has 0 spiro atoms. The molecular weight excluding hydrogens is 308 g/mol. The Hall–Kier alpha value is -1.96. The number of Topliss-reactive ketones (excluding diaryl/α,β-unsaturated/α-hetero) is 1. The van der Waals surface area contributed by atoms with Crippen LogP contribution in [0.5, 0.6) is 0 Å². The van der Waals surface area contributed by atoms with Crippen molar-refractivity contribution in [2.75, 3.05) is 0 Å². The molecule has 1 aliphatic carbocycles. The summed E-state index contributed by atoms with van der Waals surface area (Å²) < 4.78 is 0. The van der Waals surface area contributed by atoms with Gasteiger partial charge in [-0.15, -0.1) is 0 Å². The molecule has 0 aromatic heterocycles. The van der Waals surface area contributed by atoms with Crippen LogP contribution in [0.2, 0.25) is 0 Å². The first-order valence-electron chi connectivity index (χ1n) is 9.14. The molecule has 0 aromatic rings. The Morgan fingerprint density at radius 3 is 2.00 bits per heavy atom. The zero-order valence-electron chi connectivity index (χ0n) is 16.7. The summed E-state index contributed by atoms with van der Waals surface area (Å²) in [5, 5.41) is 0. The highest BCUT2D eigenvalue weighted by molar-refractivity contribution is 6.22. The monoisotopic (exact) mass is 340 g/mol. The Morgan fingerprint density at radius 2 is 1.40 bits per heavy atom.